The van der Waals surface area contributed by atoms with Crippen LogP contribution in [0.25, 0.3) is 0 Å². The number of benzene rings is 1. The van der Waals surface area contributed by atoms with Crippen LogP contribution in [-0.2, 0) is 16.2 Å². The average Bonchev–Trinajstić information content (AvgIpc) is 3.38. The summed E-state index contributed by atoms with van der Waals surface area (Å²) in [6.45, 7) is 3.38. The molecule has 12 heteroatoms. The van der Waals surface area contributed by atoms with E-state index in [1.807, 2.05) is 0 Å². The van der Waals surface area contributed by atoms with E-state index in [2.05, 4.69) is 10.4 Å². The van der Waals surface area contributed by atoms with Crippen LogP contribution in [-0.4, -0.2) is 41.3 Å². The molecule has 0 spiro atoms. The number of hydrogen-bond donors (Lipinski definition) is 1. The molecule has 1 aromatic carbocycles. The van der Waals surface area contributed by atoms with Gasteiger partial charge in [0.2, 0.25) is 0 Å². The maximum atomic E-state index is 12.8. The molecule has 0 aliphatic carbocycles. The molecule has 3 aromatic rings. The summed E-state index contributed by atoms with van der Waals surface area (Å²) in [5, 5.41) is 7.61. The number of anilines is 1. The quantitative estimate of drug-likeness (QED) is 0.432. The molecule has 0 unspecified atom stereocenters. The lowest BCUT2D eigenvalue weighted by Crippen LogP contribution is -2.16. The van der Waals surface area contributed by atoms with Crippen LogP contribution in [0.15, 0.2) is 30.5 Å². The number of esters is 2. The highest BCUT2D eigenvalue weighted by molar-refractivity contribution is 7.18. The molecule has 1 amide bonds. The number of aromatic nitrogens is 2. The first kappa shape index (κ1) is 24.6. The first-order chi connectivity index (χ1) is 15.8. The van der Waals surface area contributed by atoms with Crippen LogP contribution in [0.3, 0.4) is 0 Å². The highest BCUT2D eigenvalue weighted by atomic mass is 35.5. The van der Waals surface area contributed by atoms with Crippen molar-refractivity contribution in [3.05, 3.63) is 62.2 Å². The van der Waals surface area contributed by atoms with Gasteiger partial charge in [-0.1, -0.05) is 29.3 Å². The number of thiophene rings is 1. The summed E-state index contributed by atoms with van der Waals surface area (Å²) in [6.07, 6.45) is 1.53. The van der Waals surface area contributed by atoms with Crippen LogP contribution in [0, 0.1) is 6.92 Å². The van der Waals surface area contributed by atoms with Crippen molar-refractivity contribution in [3.63, 3.8) is 0 Å². The predicted octanol–water partition coefficient (Wildman–Crippen LogP) is 4.81. The number of nitrogens with zero attached hydrogens (tertiary/aromatic N) is 2. The van der Waals surface area contributed by atoms with E-state index in [9.17, 15) is 14.4 Å². The Morgan fingerprint density at radius 3 is 2.48 bits per heavy atom. The lowest BCUT2D eigenvalue weighted by molar-refractivity contribution is 0.0531. The van der Waals surface area contributed by atoms with Gasteiger partial charge in [-0.15, -0.1) is 11.3 Å². The lowest BCUT2D eigenvalue weighted by Gasteiger charge is -2.09. The van der Waals surface area contributed by atoms with Gasteiger partial charge < -0.3 is 19.5 Å². The summed E-state index contributed by atoms with van der Waals surface area (Å²) in [5.41, 5.74) is 0.495. The first-order valence-electron chi connectivity index (χ1n) is 9.57. The Hall–Kier alpha value is -3.08. The third-order valence-corrected chi connectivity index (χ3v) is 6.14. The van der Waals surface area contributed by atoms with Crippen LogP contribution >= 0.6 is 34.5 Å². The number of methoxy groups -OCH3 is 1. The van der Waals surface area contributed by atoms with Crippen LogP contribution in [0.4, 0.5) is 5.00 Å². The Balaban J connectivity index is 1.78. The zero-order valence-electron chi connectivity index (χ0n) is 17.8. The van der Waals surface area contributed by atoms with Crippen molar-refractivity contribution in [2.75, 3.05) is 19.0 Å². The zero-order chi connectivity index (χ0) is 24.1. The Morgan fingerprint density at radius 2 is 1.85 bits per heavy atom. The van der Waals surface area contributed by atoms with E-state index < -0.39 is 17.8 Å². The molecule has 2 aromatic heterocycles. The topological polar surface area (TPSA) is 109 Å². The highest BCUT2D eigenvalue weighted by Gasteiger charge is 2.27. The van der Waals surface area contributed by atoms with Crippen molar-refractivity contribution in [2.24, 2.45) is 0 Å². The van der Waals surface area contributed by atoms with Crippen LogP contribution in [0.2, 0.25) is 10.0 Å². The monoisotopic (exact) mass is 511 g/mol. The van der Waals surface area contributed by atoms with Crippen molar-refractivity contribution >= 4 is 57.4 Å². The van der Waals surface area contributed by atoms with Crippen LogP contribution < -0.4 is 10.1 Å². The molecule has 33 heavy (non-hydrogen) atoms. The number of amides is 1. The number of carbonyl (C=O) groups excluding carboxylic acids is 3. The van der Waals surface area contributed by atoms with Crippen molar-refractivity contribution < 1.29 is 28.6 Å². The Morgan fingerprint density at radius 1 is 1.15 bits per heavy atom. The normalized spacial score (nSPS) is 10.6. The minimum absolute atomic E-state index is 0.0464. The molecule has 0 saturated heterocycles. The fraction of sp³-hybridized carbons (Fsp3) is 0.238. The average molecular weight is 512 g/mol. The number of ether oxygens (including phenoxy) is 3. The number of carbonyl (C=O) groups is 3. The van der Waals surface area contributed by atoms with E-state index in [1.54, 1.807) is 32.0 Å². The van der Waals surface area contributed by atoms with E-state index in [-0.39, 0.29) is 34.5 Å². The lowest BCUT2D eigenvalue weighted by atomic mass is 10.1. The second kappa shape index (κ2) is 10.7. The smallest absolute Gasteiger partial charge is 0.348 e. The molecule has 174 valence electrons. The molecule has 0 saturated carbocycles. The van der Waals surface area contributed by atoms with Gasteiger partial charge in [0.1, 0.15) is 9.88 Å². The minimum Gasteiger partial charge on any atom is -0.468 e. The molecule has 3 rings (SSSR count). The van der Waals surface area contributed by atoms with Gasteiger partial charge in [-0.25, -0.2) is 14.3 Å². The third-order valence-electron chi connectivity index (χ3n) is 4.36. The molecule has 9 nitrogen and oxygen atoms in total. The van der Waals surface area contributed by atoms with Gasteiger partial charge >= 0.3 is 11.9 Å². The molecule has 0 fully saturated rings. The van der Waals surface area contributed by atoms with Gasteiger partial charge in [0.05, 0.1) is 29.3 Å². The fourth-order valence-electron chi connectivity index (χ4n) is 2.81. The number of rotatable bonds is 8. The SMILES string of the molecule is CCOC(=O)c1sc(NC(=O)c2ccn(COc3c(Cl)cccc3Cl)n2)c(C(=O)OC)c1C. The van der Waals surface area contributed by atoms with Gasteiger partial charge in [0.25, 0.3) is 5.91 Å². The second-order valence-electron chi connectivity index (χ2n) is 6.49. The molecule has 0 bridgehead atoms. The predicted molar refractivity (Wildman–Crippen MR) is 124 cm³/mol. The maximum absolute atomic E-state index is 12.8. The maximum Gasteiger partial charge on any atom is 0.348 e. The second-order valence-corrected chi connectivity index (χ2v) is 8.33. The summed E-state index contributed by atoms with van der Waals surface area (Å²) in [5.74, 6) is -1.58. The minimum atomic E-state index is -0.690. The van der Waals surface area contributed by atoms with Gasteiger partial charge in [0, 0.05) is 6.20 Å². The molecule has 2 heterocycles. The summed E-state index contributed by atoms with van der Waals surface area (Å²) in [7, 11) is 1.21. The van der Waals surface area contributed by atoms with Gasteiger partial charge in [0.15, 0.2) is 18.2 Å². The number of nitrogens with one attached hydrogen (secondary N) is 1. The Kier molecular flexibility index (Phi) is 7.96. The Bertz CT molecular complexity index is 1190. The molecule has 0 radical (unpaired) electrons. The van der Waals surface area contributed by atoms with Crippen LogP contribution in [0.1, 0.15) is 43.0 Å². The zero-order valence-corrected chi connectivity index (χ0v) is 20.1. The van der Waals surface area contributed by atoms with Crippen molar-refractivity contribution in [3.8, 4) is 5.75 Å². The van der Waals surface area contributed by atoms with E-state index in [4.69, 9.17) is 37.4 Å². The van der Waals surface area contributed by atoms with Crippen molar-refractivity contribution in [2.45, 2.75) is 20.6 Å². The van der Waals surface area contributed by atoms with E-state index in [1.165, 1.54) is 24.1 Å². The van der Waals surface area contributed by atoms with Gasteiger partial charge in [-0.3, -0.25) is 4.79 Å². The summed E-state index contributed by atoms with van der Waals surface area (Å²) >= 11 is 13.1. The standard InChI is InChI=1S/C21H19Cl2N3O6S/c1-4-31-21(29)17-11(2)15(20(28)30-3)19(33-17)24-18(27)14-8-9-26(25-14)10-32-16-12(22)6-5-7-13(16)23/h5-9H,4,10H2,1-3H3,(H,24,27). The number of para-hydroxylation sites is 1. The molecule has 0 aliphatic heterocycles. The first-order valence-corrected chi connectivity index (χ1v) is 11.1. The summed E-state index contributed by atoms with van der Waals surface area (Å²) in [6, 6.07) is 6.43. The summed E-state index contributed by atoms with van der Waals surface area (Å²) < 4.78 is 16.8. The van der Waals surface area contributed by atoms with Crippen molar-refractivity contribution in [1.82, 2.24) is 9.78 Å². The molecule has 1 N–H and O–H groups in total. The van der Waals surface area contributed by atoms with Crippen molar-refractivity contribution in [1.29, 1.82) is 0 Å². The fourth-order valence-corrected chi connectivity index (χ4v) is 4.40. The molecular formula is C21H19Cl2N3O6S. The Labute approximate surface area is 203 Å². The highest BCUT2D eigenvalue weighted by Crippen LogP contribution is 2.35. The van der Waals surface area contributed by atoms with E-state index in [0.29, 0.717) is 21.4 Å². The number of halogens is 2. The molecule has 0 atom stereocenters. The molecule has 0 aliphatic rings. The van der Waals surface area contributed by atoms with Crippen LogP contribution in [0.5, 0.6) is 5.75 Å². The molecular weight excluding hydrogens is 493 g/mol. The summed E-state index contributed by atoms with van der Waals surface area (Å²) in [4.78, 5) is 37.4. The van der Waals surface area contributed by atoms with E-state index >= 15 is 0 Å². The third kappa shape index (κ3) is 5.47. The largest absolute Gasteiger partial charge is 0.468 e. The van der Waals surface area contributed by atoms with E-state index in [0.717, 1.165) is 11.3 Å². The van der Waals surface area contributed by atoms with Gasteiger partial charge in [-0.2, -0.15) is 5.10 Å². The van der Waals surface area contributed by atoms with Gasteiger partial charge in [-0.05, 0) is 37.6 Å². The number of hydrogen-bond acceptors (Lipinski definition) is 8.